The number of thioether (sulfide) groups is 1. The van der Waals surface area contributed by atoms with E-state index in [2.05, 4.69) is 15.3 Å². The molecule has 1 unspecified atom stereocenters. The van der Waals surface area contributed by atoms with Crippen molar-refractivity contribution in [1.82, 2.24) is 10.3 Å². The molecule has 0 saturated heterocycles. The summed E-state index contributed by atoms with van der Waals surface area (Å²) in [5.74, 6) is 0.681. The first-order valence-electron chi connectivity index (χ1n) is 6.76. The van der Waals surface area contributed by atoms with Gasteiger partial charge < -0.3 is 5.32 Å². The zero-order chi connectivity index (χ0) is 14.5. The van der Waals surface area contributed by atoms with Gasteiger partial charge in [0.1, 0.15) is 6.04 Å². The van der Waals surface area contributed by atoms with Crippen molar-refractivity contribution >= 4 is 22.8 Å². The predicted octanol–water partition coefficient (Wildman–Crippen LogP) is 2.41. The van der Waals surface area contributed by atoms with Gasteiger partial charge in [0.15, 0.2) is 5.17 Å². The van der Waals surface area contributed by atoms with Gasteiger partial charge >= 0.3 is 0 Å². The predicted molar refractivity (Wildman–Crippen MR) is 85.0 cm³/mol. The molecule has 1 amide bonds. The Morgan fingerprint density at radius 1 is 1.10 bits per heavy atom. The van der Waals surface area contributed by atoms with E-state index < -0.39 is 0 Å². The number of carbonyl (C=O) groups is 1. The lowest BCUT2D eigenvalue weighted by molar-refractivity contribution is -0.120. The maximum Gasteiger partial charge on any atom is 0.251 e. The minimum Gasteiger partial charge on any atom is -0.304 e. The minimum absolute atomic E-state index is 0.0256. The average Bonchev–Trinajstić information content (AvgIpc) is 2.87. The van der Waals surface area contributed by atoms with Gasteiger partial charge in [-0.25, -0.2) is 4.99 Å². The zero-order valence-corrected chi connectivity index (χ0v) is 12.2. The number of aliphatic imine (C=N–C) groups is 1. The molecule has 3 rings (SSSR count). The Labute approximate surface area is 127 Å². The van der Waals surface area contributed by atoms with Crippen LogP contribution in [0.4, 0.5) is 0 Å². The zero-order valence-electron chi connectivity index (χ0n) is 11.4. The number of aromatic nitrogens is 1. The van der Waals surface area contributed by atoms with Gasteiger partial charge in [0.05, 0.1) is 5.69 Å². The van der Waals surface area contributed by atoms with Crippen LogP contribution < -0.4 is 5.32 Å². The summed E-state index contributed by atoms with van der Waals surface area (Å²) in [6, 6.07) is 15.4. The quantitative estimate of drug-likeness (QED) is 0.943. The number of nitrogens with one attached hydrogen (secondary N) is 1. The smallest absolute Gasteiger partial charge is 0.251 e. The van der Waals surface area contributed by atoms with Crippen molar-refractivity contribution in [3.8, 4) is 0 Å². The van der Waals surface area contributed by atoms with Crippen LogP contribution in [0.3, 0.4) is 0 Å². The summed E-state index contributed by atoms with van der Waals surface area (Å²) >= 11 is 1.51. The molecule has 1 N–H and O–H groups in total. The molecule has 0 spiro atoms. The summed E-state index contributed by atoms with van der Waals surface area (Å²) in [6.45, 7) is 0. The molecule has 106 valence electrons. The van der Waals surface area contributed by atoms with Crippen LogP contribution in [0.15, 0.2) is 59.7 Å². The molecule has 0 radical (unpaired) electrons. The molecule has 0 aliphatic carbocycles. The van der Waals surface area contributed by atoms with E-state index in [4.69, 9.17) is 0 Å². The van der Waals surface area contributed by atoms with E-state index in [1.54, 1.807) is 6.20 Å². The van der Waals surface area contributed by atoms with E-state index in [1.807, 2.05) is 48.5 Å². The molecule has 1 aromatic heterocycles. The molecule has 0 saturated carbocycles. The van der Waals surface area contributed by atoms with Crippen molar-refractivity contribution in [3.05, 3.63) is 66.0 Å². The van der Waals surface area contributed by atoms with Gasteiger partial charge in [0.2, 0.25) is 0 Å². The van der Waals surface area contributed by atoms with Crippen molar-refractivity contribution in [2.24, 2.45) is 4.99 Å². The highest BCUT2D eigenvalue weighted by atomic mass is 32.2. The van der Waals surface area contributed by atoms with Crippen LogP contribution in [0.5, 0.6) is 0 Å². The standard InChI is InChI=1S/C16H15N3OS/c20-15-14(10-12-6-2-1-3-7-12)18-16(19-15)21-11-13-8-4-5-9-17-13/h1-9,14H,10-11H2,(H,18,19,20). The van der Waals surface area contributed by atoms with Gasteiger partial charge in [-0.05, 0) is 17.7 Å². The van der Waals surface area contributed by atoms with Crippen molar-refractivity contribution in [2.45, 2.75) is 18.2 Å². The lowest BCUT2D eigenvalue weighted by atomic mass is 10.1. The van der Waals surface area contributed by atoms with Crippen LogP contribution in [0.25, 0.3) is 0 Å². The number of amides is 1. The Kier molecular flexibility index (Phi) is 4.31. The first-order chi connectivity index (χ1) is 10.3. The maximum absolute atomic E-state index is 11.9. The van der Waals surface area contributed by atoms with Gasteiger partial charge in [-0.2, -0.15) is 0 Å². The third-order valence-corrected chi connectivity index (χ3v) is 4.08. The fraction of sp³-hybridized carbons (Fsp3) is 0.188. The number of pyridine rings is 1. The minimum atomic E-state index is -0.321. The van der Waals surface area contributed by atoms with Gasteiger partial charge in [0, 0.05) is 18.4 Å². The van der Waals surface area contributed by atoms with Crippen LogP contribution in [0.2, 0.25) is 0 Å². The maximum atomic E-state index is 11.9. The molecular formula is C16H15N3OS. The molecule has 1 aromatic carbocycles. The van der Waals surface area contributed by atoms with Crippen LogP contribution in [-0.4, -0.2) is 22.1 Å². The third kappa shape index (κ3) is 3.70. The fourth-order valence-electron chi connectivity index (χ4n) is 2.10. The monoisotopic (exact) mass is 297 g/mol. The summed E-state index contributed by atoms with van der Waals surface area (Å²) < 4.78 is 0. The second kappa shape index (κ2) is 6.54. The van der Waals surface area contributed by atoms with Crippen LogP contribution >= 0.6 is 11.8 Å². The Morgan fingerprint density at radius 3 is 2.67 bits per heavy atom. The molecule has 1 aliphatic rings. The van der Waals surface area contributed by atoms with E-state index in [1.165, 1.54) is 11.8 Å². The summed E-state index contributed by atoms with van der Waals surface area (Å²) in [4.78, 5) is 20.7. The highest BCUT2D eigenvalue weighted by Crippen LogP contribution is 2.17. The molecular weight excluding hydrogens is 282 g/mol. The average molecular weight is 297 g/mol. The largest absolute Gasteiger partial charge is 0.304 e. The molecule has 0 bridgehead atoms. The molecule has 21 heavy (non-hydrogen) atoms. The van der Waals surface area contributed by atoms with E-state index in [9.17, 15) is 4.79 Å². The summed E-state index contributed by atoms with van der Waals surface area (Å²) in [5.41, 5.74) is 2.10. The number of rotatable bonds is 4. The fourth-order valence-corrected chi connectivity index (χ4v) is 2.93. The Bertz CT molecular complexity index is 643. The number of hydrogen-bond donors (Lipinski definition) is 1. The summed E-state index contributed by atoms with van der Waals surface area (Å²) in [7, 11) is 0. The van der Waals surface area contributed by atoms with Crippen molar-refractivity contribution in [2.75, 3.05) is 0 Å². The van der Waals surface area contributed by atoms with Crippen molar-refractivity contribution in [1.29, 1.82) is 0 Å². The van der Waals surface area contributed by atoms with E-state index in [0.29, 0.717) is 17.3 Å². The van der Waals surface area contributed by atoms with Gasteiger partial charge in [-0.3, -0.25) is 9.78 Å². The molecule has 0 fully saturated rings. The van der Waals surface area contributed by atoms with E-state index >= 15 is 0 Å². The number of amidine groups is 1. The van der Waals surface area contributed by atoms with Gasteiger partial charge in [-0.15, -0.1) is 0 Å². The van der Waals surface area contributed by atoms with Crippen LogP contribution in [0.1, 0.15) is 11.3 Å². The normalized spacial score (nSPS) is 17.4. The summed E-state index contributed by atoms with van der Waals surface area (Å²) in [5, 5.41) is 3.53. The number of nitrogens with zero attached hydrogens (tertiary/aromatic N) is 2. The van der Waals surface area contributed by atoms with E-state index in [-0.39, 0.29) is 11.9 Å². The number of hydrogen-bond acceptors (Lipinski definition) is 4. The Balaban J connectivity index is 1.60. The highest BCUT2D eigenvalue weighted by Gasteiger charge is 2.26. The van der Waals surface area contributed by atoms with Gasteiger partial charge in [-0.1, -0.05) is 48.2 Å². The lowest BCUT2D eigenvalue weighted by Gasteiger charge is -2.03. The Hall–Kier alpha value is -2.14. The first-order valence-corrected chi connectivity index (χ1v) is 7.75. The second-order valence-corrected chi connectivity index (χ2v) is 5.70. The molecule has 4 nitrogen and oxygen atoms in total. The van der Waals surface area contributed by atoms with E-state index in [0.717, 1.165) is 11.3 Å². The number of benzene rings is 1. The SMILES string of the molecule is O=C1NC(SCc2ccccn2)=NC1Cc1ccccc1. The van der Waals surface area contributed by atoms with Crippen LogP contribution in [0, 0.1) is 0 Å². The molecule has 1 atom stereocenters. The number of carbonyl (C=O) groups excluding carboxylic acids is 1. The molecule has 5 heteroatoms. The molecule has 2 heterocycles. The Morgan fingerprint density at radius 2 is 1.90 bits per heavy atom. The molecule has 2 aromatic rings. The van der Waals surface area contributed by atoms with Gasteiger partial charge in [0.25, 0.3) is 5.91 Å². The second-order valence-electron chi connectivity index (χ2n) is 4.74. The van der Waals surface area contributed by atoms with Crippen molar-refractivity contribution < 1.29 is 4.79 Å². The first kappa shape index (κ1) is 13.8. The van der Waals surface area contributed by atoms with Crippen molar-refractivity contribution in [3.63, 3.8) is 0 Å². The molecule has 1 aliphatic heterocycles. The topological polar surface area (TPSA) is 54.4 Å². The lowest BCUT2D eigenvalue weighted by Crippen LogP contribution is -2.28. The summed E-state index contributed by atoms with van der Waals surface area (Å²) in [6.07, 6.45) is 2.41. The highest BCUT2D eigenvalue weighted by molar-refractivity contribution is 8.13. The van der Waals surface area contributed by atoms with Crippen LogP contribution in [-0.2, 0) is 17.0 Å². The third-order valence-electron chi connectivity index (χ3n) is 3.16.